The Labute approximate surface area is 207 Å². The normalized spacial score (nSPS) is 11.7. The van der Waals surface area contributed by atoms with Crippen LogP contribution in [0.5, 0.6) is 0 Å². The van der Waals surface area contributed by atoms with Gasteiger partial charge < -0.3 is 4.74 Å². The SMILES string of the molecule is O=C(O[C@H](C(=O)c1ccccc1)c1ccccc1)c1cc(-c2ccccc2Cl)nc2ccccc12. The summed E-state index contributed by atoms with van der Waals surface area (Å²) in [6.45, 7) is 0. The van der Waals surface area contributed by atoms with Gasteiger partial charge in [0, 0.05) is 27.1 Å². The van der Waals surface area contributed by atoms with Gasteiger partial charge in [0.25, 0.3) is 0 Å². The molecular weight excluding hydrogens is 458 g/mol. The number of benzene rings is 4. The van der Waals surface area contributed by atoms with Crippen LogP contribution in [0.25, 0.3) is 22.2 Å². The van der Waals surface area contributed by atoms with Crippen molar-refractivity contribution in [2.24, 2.45) is 0 Å². The average molecular weight is 478 g/mol. The highest BCUT2D eigenvalue weighted by Gasteiger charge is 2.28. The summed E-state index contributed by atoms with van der Waals surface area (Å²) in [5.74, 6) is -0.912. The summed E-state index contributed by atoms with van der Waals surface area (Å²) in [5, 5.41) is 1.16. The van der Waals surface area contributed by atoms with Crippen LogP contribution in [-0.2, 0) is 4.74 Å². The van der Waals surface area contributed by atoms with Gasteiger partial charge in [-0.25, -0.2) is 9.78 Å². The highest BCUT2D eigenvalue weighted by Crippen LogP contribution is 2.31. The number of nitrogens with zero attached hydrogens (tertiary/aromatic N) is 1. The standard InChI is InChI=1S/C30H20ClNO3/c31-25-17-9-7-16-23(25)27-19-24(22-15-8-10-18-26(22)32-27)30(34)35-29(21-13-5-2-6-14-21)28(33)20-11-3-1-4-12-20/h1-19,29H/t29-/m0/s1. The van der Waals surface area contributed by atoms with Crippen molar-refractivity contribution in [1.29, 1.82) is 0 Å². The van der Waals surface area contributed by atoms with Gasteiger partial charge in [0.2, 0.25) is 5.78 Å². The molecule has 0 bridgehead atoms. The van der Waals surface area contributed by atoms with Crippen molar-refractivity contribution in [3.05, 3.63) is 137 Å². The second kappa shape index (κ2) is 9.92. The molecule has 5 rings (SSSR count). The first-order chi connectivity index (χ1) is 17.1. The second-order valence-corrected chi connectivity index (χ2v) is 8.39. The first-order valence-electron chi connectivity index (χ1n) is 11.1. The van der Waals surface area contributed by atoms with Crippen molar-refractivity contribution >= 4 is 34.3 Å². The molecule has 0 radical (unpaired) electrons. The molecule has 5 aromatic rings. The Hall–Kier alpha value is -4.28. The minimum Gasteiger partial charge on any atom is -0.445 e. The molecule has 1 atom stereocenters. The Balaban J connectivity index is 1.59. The number of esters is 1. The fourth-order valence-electron chi connectivity index (χ4n) is 3.98. The van der Waals surface area contributed by atoms with Crippen LogP contribution in [0.15, 0.2) is 115 Å². The highest BCUT2D eigenvalue weighted by molar-refractivity contribution is 6.33. The molecule has 0 saturated carbocycles. The topological polar surface area (TPSA) is 56.3 Å². The minimum atomic E-state index is -1.10. The lowest BCUT2D eigenvalue weighted by Crippen LogP contribution is -2.20. The average Bonchev–Trinajstić information content (AvgIpc) is 2.92. The van der Waals surface area contributed by atoms with Crippen molar-refractivity contribution < 1.29 is 14.3 Å². The number of hydrogen-bond acceptors (Lipinski definition) is 4. The third-order valence-electron chi connectivity index (χ3n) is 5.71. The molecular formula is C30H20ClNO3. The lowest BCUT2D eigenvalue weighted by atomic mass is 9.99. The highest BCUT2D eigenvalue weighted by atomic mass is 35.5. The number of hydrogen-bond donors (Lipinski definition) is 0. The summed E-state index contributed by atoms with van der Waals surface area (Å²) in [6, 6.07) is 34.2. The summed E-state index contributed by atoms with van der Waals surface area (Å²) >= 11 is 6.41. The number of carbonyl (C=O) groups excluding carboxylic acids is 2. The molecule has 5 heteroatoms. The predicted octanol–water partition coefficient (Wildman–Crippen LogP) is 7.34. The Bertz CT molecular complexity index is 1520. The monoisotopic (exact) mass is 477 g/mol. The fourth-order valence-corrected chi connectivity index (χ4v) is 4.21. The first kappa shape index (κ1) is 22.5. The molecule has 0 aliphatic heterocycles. The minimum absolute atomic E-state index is 0.296. The number of carbonyl (C=O) groups is 2. The van der Waals surface area contributed by atoms with Gasteiger partial charge in [0.1, 0.15) is 0 Å². The van der Waals surface area contributed by atoms with Gasteiger partial charge in [-0.3, -0.25) is 4.79 Å². The maximum absolute atomic E-state index is 13.6. The fraction of sp³-hybridized carbons (Fsp3) is 0.0333. The summed E-state index contributed by atoms with van der Waals surface area (Å²) in [7, 11) is 0. The molecule has 0 N–H and O–H groups in total. The summed E-state index contributed by atoms with van der Waals surface area (Å²) < 4.78 is 5.92. The van der Waals surface area contributed by atoms with E-state index in [2.05, 4.69) is 0 Å². The predicted molar refractivity (Wildman–Crippen MR) is 138 cm³/mol. The van der Waals surface area contributed by atoms with Crippen LogP contribution in [-0.4, -0.2) is 16.7 Å². The zero-order chi connectivity index (χ0) is 24.2. The number of ether oxygens (including phenoxy) is 1. The van der Waals surface area contributed by atoms with Crippen LogP contribution < -0.4 is 0 Å². The van der Waals surface area contributed by atoms with Crippen LogP contribution in [0.1, 0.15) is 32.4 Å². The maximum Gasteiger partial charge on any atom is 0.339 e. The van der Waals surface area contributed by atoms with Crippen molar-refractivity contribution in [2.45, 2.75) is 6.10 Å². The first-order valence-corrected chi connectivity index (χ1v) is 11.5. The molecule has 0 amide bonds. The Morgan fingerprint density at radius 2 is 1.37 bits per heavy atom. The number of aromatic nitrogens is 1. The number of para-hydroxylation sites is 1. The second-order valence-electron chi connectivity index (χ2n) is 7.98. The van der Waals surface area contributed by atoms with E-state index in [1.165, 1.54) is 0 Å². The molecule has 0 aliphatic carbocycles. The third kappa shape index (κ3) is 4.70. The molecule has 4 aromatic carbocycles. The Morgan fingerprint density at radius 1 is 0.743 bits per heavy atom. The number of rotatable bonds is 6. The lowest BCUT2D eigenvalue weighted by molar-refractivity contribution is 0.0282. The maximum atomic E-state index is 13.6. The van der Waals surface area contributed by atoms with E-state index in [4.69, 9.17) is 21.3 Å². The van der Waals surface area contributed by atoms with Gasteiger partial charge in [-0.2, -0.15) is 0 Å². The van der Waals surface area contributed by atoms with Crippen LogP contribution in [0.2, 0.25) is 5.02 Å². The van der Waals surface area contributed by atoms with E-state index in [1.807, 2.05) is 66.7 Å². The van der Waals surface area contributed by atoms with E-state index >= 15 is 0 Å². The van der Waals surface area contributed by atoms with E-state index in [9.17, 15) is 9.59 Å². The van der Waals surface area contributed by atoms with Gasteiger partial charge in [-0.15, -0.1) is 0 Å². The molecule has 4 nitrogen and oxygen atoms in total. The molecule has 1 heterocycles. The third-order valence-corrected chi connectivity index (χ3v) is 6.04. The van der Waals surface area contributed by atoms with Crippen LogP contribution in [0.3, 0.4) is 0 Å². The Kier molecular flexibility index (Phi) is 6.38. The molecule has 0 fully saturated rings. The van der Waals surface area contributed by atoms with Crippen LogP contribution in [0.4, 0.5) is 0 Å². The molecule has 0 unspecified atom stereocenters. The smallest absolute Gasteiger partial charge is 0.339 e. The van der Waals surface area contributed by atoms with Gasteiger partial charge in [-0.1, -0.05) is 109 Å². The zero-order valence-electron chi connectivity index (χ0n) is 18.6. The van der Waals surface area contributed by atoms with Crippen LogP contribution in [0, 0.1) is 0 Å². The van der Waals surface area contributed by atoms with Crippen LogP contribution >= 0.6 is 11.6 Å². The van der Waals surface area contributed by atoms with E-state index in [0.29, 0.717) is 43.9 Å². The van der Waals surface area contributed by atoms with E-state index in [-0.39, 0.29) is 5.78 Å². The van der Waals surface area contributed by atoms with Crippen molar-refractivity contribution in [3.63, 3.8) is 0 Å². The number of fused-ring (bicyclic) bond motifs is 1. The van der Waals surface area contributed by atoms with Gasteiger partial charge in [0.05, 0.1) is 16.8 Å². The zero-order valence-corrected chi connectivity index (χ0v) is 19.4. The summed E-state index contributed by atoms with van der Waals surface area (Å²) in [5.41, 5.74) is 3.25. The van der Waals surface area contributed by atoms with Gasteiger partial charge in [-0.05, 0) is 18.2 Å². The summed E-state index contributed by atoms with van der Waals surface area (Å²) in [4.78, 5) is 31.7. The largest absolute Gasteiger partial charge is 0.445 e. The summed E-state index contributed by atoms with van der Waals surface area (Å²) in [6.07, 6.45) is -1.10. The number of ketones is 1. The molecule has 170 valence electrons. The number of halogens is 1. The van der Waals surface area contributed by atoms with E-state index in [0.717, 1.165) is 0 Å². The molecule has 0 spiro atoms. The van der Waals surface area contributed by atoms with E-state index < -0.39 is 12.1 Å². The van der Waals surface area contributed by atoms with Crippen molar-refractivity contribution in [2.75, 3.05) is 0 Å². The van der Waals surface area contributed by atoms with Gasteiger partial charge >= 0.3 is 5.97 Å². The molecule has 0 saturated heterocycles. The Morgan fingerprint density at radius 3 is 2.11 bits per heavy atom. The van der Waals surface area contributed by atoms with Crippen molar-refractivity contribution in [3.8, 4) is 11.3 Å². The number of Topliss-reactive ketones (excluding diaryl/α,β-unsaturated/α-hetero) is 1. The number of pyridine rings is 1. The molecule has 1 aromatic heterocycles. The van der Waals surface area contributed by atoms with Crippen molar-refractivity contribution in [1.82, 2.24) is 4.98 Å². The molecule has 0 aliphatic rings. The quantitative estimate of drug-likeness (QED) is 0.190. The lowest BCUT2D eigenvalue weighted by Gasteiger charge is -2.18. The van der Waals surface area contributed by atoms with E-state index in [1.54, 1.807) is 48.5 Å². The molecule has 35 heavy (non-hydrogen) atoms. The van der Waals surface area contributed by atoms with Gasteiger partial charge in [0.15, 0.2) is 6.10 Å².